The Morgan fingerprint density at radius 2 is 1.92 bits per heavy atom. The lowest BCUT2D eigenvalue weighted by Gasteiger charge is -2.18. The summed E-state index contributed by atoms with van der Waals surface area (Å²) >= 11 is 3.19. The number of hydrogen-bond donors (Lipinski definition) is 0. The van der Waals surface area contributed by atoms with Gasteiger partial charge in [0.25, 0.3) is 0 Å². The molecule has 70 valence electrons. The first-order chi connectivity index (χ1) is 6.29. The minimum Gasteiger partial charge on any atom is -0.369 e. The summed E-state index contributed by atoms with van der Waals surface area (Å²) in [5, 5.41) is 0. The summed E-state index contributed by atoms with van der Waals surface area (Å²) in [7, 11) is 0. The van der Waals surface area contributed by atoms with Crippen LogP contribution in [0, 0.1) is 5.82 Å². The molecular weight excluding hydrogens is 233 g/mol. The van der Waals surface area contributed by atoms with Crippen LogP contribution < -0.4 is 4.90 Å². The van der Waals surface area contributed by atoms with E-state index < -0.39 is 0 Å². The molecule has 1 aromatic rings. The Hall–Kier alpha value is -0.570. The second-order valence-electron chi connectivity index (χ2n) is 3.27. The molecule has 2 rings (SSSR count). The third-order valence-electron chi connectivity index (χ3n) is 2.38. The predicted octanol–water partition coefficient (Wildman–Crippen LogP) is 3.19. The Kier molecular flexibility index (Phi) is 2.54. The zero-order valence-electron chi connectivity index (χ0n) is 7.26. The van der Waals surface area contributed by atoms with Crippen molar-refractivity contribution >= 4 is 21.6 Å². The van der Waals surface area contributed by atoms with Gasteiger partial charge in [-0.2, -0.15) is 0 Å². The Labute approximate surface area is 85.7 Å². The molecule has 1 aromatic carbocycles. The lowest BCUT2D eigenvalue weighted by Crippen LogP contribution is -2.18. The zero-order chi connectivity index (χ0) is 9.26. The quantitative estimate of drug-likeness (QED) is 0.733. The minimum absolute atomic E-state index is 0.135. The Morgan fingerprint density at radius 3 is 2.62 bits per heavy atom. The van der Waals surface area contributed by atoms with Crippen molar-refractivity contribution in [3.05, 3.63) is 28.5 Å². The molecule has 1 saturated heterocycles. The molecule has 0 N–H and O–H groups in total. The van der Waals surface area contributed by atoms with Gasteiger partial charge in [-0.15, -0.1) is 0 Å². The molecule has 1 aliphatic rings. The van der Waals surface area contributed by atoms with Crippen LogP contribution in [0.25, 0.3) is 0 Å². The monoisotopic (exact) mass is 243 g/mol. The third kappa shape index (κ3) is 1.70. The van der Waals surface area contributed by atoms with Crippen molar-refractivity contribution in [1.29, 1.82) is 0 Å². The number of anilines is 1. The van der Waals surface area contributed by atoms with E-state index in [1.54, 1.807) is 6.07 Å². The molecule has 0 bridgehead atoms. The molecule has 0 unspecified atom stereocenters. The maximum Gasteiger partial charge on any atom is 0.160 e. The van der Waals surface area contributed by atoms with Crippen LogP contribution in [-0.4, -0.2) is 13.1 Å². The van der Waals surface area contributed by atoms with Gasteiger partial charge in [-0.25, -0.2) is 4.39 Å². The Bertz CT molecular complexity index is 308. The van der Waals surface area contributed by atoms with Crippen LogP contribution >= 0.6 is 15.9 Å². The second kappa shape index (κ2) is 3.66. The maximum atomic E-state index is 13.6. The van der Waals surface area contributed by atoms with Crippen LogP contribution in [-0.2, 0) is 0 Å². The van der Waals surface area contributed by atoms with Gasteiger partial charge in [0.1, 0.15) is 0 Å². The highest BCUT2D eigenvalue weighted by atomic mass is 79.9. The number of hydrogen-bond acceptors (Lipinski definition) is 1. The van der Waals surface area contributed by atoms with Crippen molar-refractivity contribution in [2.24, 2.45) is 0 Å². The summed E-state index contributed by atoms with van der Waals surface area (Å²) in [5.74, 6) is -0.135. The number of rotatable bonds is 1. The summed E-state index contributed by atoms with van der Waals surface area (Å²) in [6.07, 6.45) is 2.35. The van der Waals surface area contributed by atoms with E-state index >= 15 is 0 Å². The molecule has 1 aliphatic heterocycles. The summed E-state index contributed by atoms with van der Waals surface area (Å²) in [4.78, 5) is 2.10. The highest BCUT2D eigenvalue weighted by molar-refractivity contribution is 9.10. The maximum absolute atomic E-state index is 13.6. The average molecular weight is 244 g/mol. The predicted molar refractivity (Wildman–Crippen MR) is 55.5 cm³/mol. The summed E-state index contributed by atoms with van der Waals surface area (Å²) < 4.78 is 14.1. The van der Waals surface area contributed by atoms with E-state index in [4.69, 9.17) is 0 Å². The largest absolute Gasteiger partial charge is 0.369 e. The van der Waals surface area contributed by atoms with Crippen molar-refractivity contribution in [2.75, 3.05) is 18.0 Å². The molecule has 1 nitrogen and oxygen atoms in total. The Morgan fingerprint density at radius 1 is 1.23 bits per heavy atom. The molecule has 0 atom stereocenters. The molecule has 0 aliphatic carbocycles. The second-order valence-corrected chi connectivity index (χ2v) is 4.12. The number of halogens is 2. The van der Waals surface area contributed by atoms with Gasteiger partial charge < -0.3 is 4.90 Å². The van der Waals surface area contributed by atoms with Gasteiger partial charge in [0.05, 0.1) is 10.2 Å². The van der Waals surface area contributed by atoms with Crippen molar-refractivity contribution in [2.45, 2.75) is 12.8 Å². The molecule has 1 fully saturated rings. The van der Waals surface area contributed by atoms with Crippen molar-refractivity contribution < 1.29 is 4.39 Å². The molecule has 1 heterocycles. The first-order valence-electron chi connectivity index (χ1n) is 4.48. The first kappa shape index (κ1) is 9.00. The standard InChI is InChI=1S/C10H11BrFN/c11-8-4-3-5-9(10(8)12)13-6-1-2-7-13/h3-5H,1-2,6-7H2. The fourth-order valence-corrected chi connectivity index (χ4v) is 2.05. The number of benzene rings is 1. The van der Waals surface area contributed by atoms with Crippen LogP contribution in [0.3, 0.4) is 0 Å². The molecule has 0 saturated carbocycles. The van der Waals surface area contributed by atoms with E-state index in [0.717, 1.165) is 18.8 Å². The Balaban J connectivity index is 2.33. The molecule has 0 spiro atoms. The van der Waals surface area contributed by atoms with Crippen molar-refractivity contribution in [3.63, 3.8) is 0 Å². The van der Waals surface area contributed by atoms with Crippen LogP contribution in [0.1, 0.15) is 12.8 Å². The topological polar surface area (TPSA) is 3.24 Å². The van der Waals surface area contributed by atoms with Crippen molar-refractivity contribution in [3.8, 4) is 0 Å². The molecule has 0 aromatic heterocycles. The molecule has 0 amide bonds. The summed E-state index contributed by atoms with van der Waals surface area (Å²) in [5.41, 5.74) is 0.729. The van der Waals surface area contributed by atoms with E-state index in [0.29, 0.717) is 4.47 Å². The highest BCUT2D eigenvalue weighted by Gasteiger charge is 2.16. The van der Waals surface area contributed by atoms with Crippen LogP contribution in [0.15, 0.2) is 22.7 Å². The van der Waals surface area contributed by atoms with E-state index in [2.05, 4.69) is 20.8 Å². The van der Waals surface area contributed by atoms with Gasteiger partial charge in [0.2, 0.25) is 0 Å². The van der Waals surface area contributed by atoms with Gasteiger partial charge >= 0.3 is 0 Å². The molecule has 13 heavy (non-hydrogen) atoms. The lowest BCUT2D eigenvalue weighted by atomic mass is 10.3. The highest BCUT2D eigenvalue weighted by Crippen LogP contribution is 2.28. The average Bonchev–Trinajstić information content (AvgIpc) is 2.62. The smallest absolute Gasteiger partial charge is 0.160 e. The fraction of sp³-hybridized carbons (Fsp3) is 0.400. The van der Waals surface area contributed by atoms with E-state index in [1.807, 2.05) is 12.1 Å². The zero-order valence-corrected chi connectivity index (χ0v) is 8.85. The van der Waals surface area contributed by atoms with Crippen LogP contribution in [0.5, 0.6) is 0 Å². The first-order valence-corrected chi connectivity index (χ1v) is 5.27. The van der Waals surface area contributed by atoms with E-state index in [-0.39, 0.29) is 5.82 Å². The van der Waals surface area contributed by atoms with Gasteiger partial charge in [-0.3, -0.25) is 0 Å². The lowest BCUT2D eigenvalue weighted by molar-refractivity contribution is 0.616. The summed E-state index contributed by atoms with van der Waals surface area (Å²) in [6, 6.07) is 5.45. The molecule has 0 radical (unpaired) electrons. The molecule has 3 heteroatoms. The number of nitrogens with zero attached hydrogens (tertiary/aromatic N) is 1. The molecular formula is C10H11BrFN. The normalized spacial score (nSPS) is 16.6. The van der Waals surface area contributed by atoms with Gasteiger partial charge in [0, 0.05) is 13.1 Å². The SMILES string of the molecule is Fc1c(Br)cccc1N1CCCC1. The van der Waals surface area contributed by atoms with Crippen LogP contribution in [0.2, 0.25) is 0 Å². The van der Waals surface area contributed by atoms with Crippen LogP contribution in [0.4, 0.5) is 10.1 Å². The minimum atomic E-state index is -0.135. The van der Waals surface area contributed by atoms with Gasteiger partial charge in [0.15, 0.2) is 5.82 Å². The summed E-state index contributed by atoms with van der Waals surface area (Å²) in [6.45, 7) is 1.96. The van der Waals surface area contributed by atoms with E-state index in [1.165, 1.54) is 12.8 Å². The van der Waals surface area contributed by atoms with E-state index in [9.17, 15) is 4.39 Å². The fourth-order valence-electron chi connectivity index (χ4n) is 1.69. The van der Waals surface area contributed by atoms with Crippen molar-refractivity contribution in [1.82, 2.24) is 0 Å². The van der Waals surface area contributed by atoms with Gasteiger partial charge in [-0.1, -0.05) is 6.07 Å². The van der Waals surface area contributed by atoms with Gasteiger partial charge in [-0.05, 0) is 40.9 Å². The third-order valence-corrected chi connectivity index (χ3v) is 2.99.